The Labute approximate surface area is 284 Å². The summed E-state index contributed by atoms with van der Waals surface area (Å²) < 4.78 is 6.87. The van der Waals surface area contributed by atoms with Crippen LogP contribution in [0.3, 0.4) is 0 Å². The van der Waals surface area contributed by atoms with Crippen molar-refractivity contribution in [3.63, 3.8) is 0 Å². The molecule has 4 nitrogen and oxygen atoms in total. The van der Waals surface area contributed by atoms with Gasteiger partial charge < -0.3 is 4.42 Å². The van der Waals surface area contributed by atoms with Crippen LogP contribution >= 0.6 is 0 Å². The van der Waals surface area contributed by atoms with E-state index in [4.69, 9.17) is 19.4 Å². The molecule has 0 atom stereocenters. The van der Waals surface area contributed by atoms with Crippen LogP contribution < -0.4 is 0 Å². The lowest BCUT2D eigenvalue weighted by atomic mass is 9.95. The molecule has 0 saturated heterocycles. The summed E-state index contributed by atoms with van der Waals surface area (Å²) >= 11 is 0. The normalized spacial score (nSPS) is 11.3. The summed E-state index contributed by atoms with van der Waals surface area (Å²) in [7, 11) is 0. The number of aromatic nitrogens is 3. The Bertz CT molecular complexity index is 2520. The van der Waals surface area contributed by atoms with Crippen molar-refractivity contribution in [3.8, 4) is 67.5 Å². The standard InChI is InChI=1S/C45H29N3O/c1-5-15-30(16-6-1)36-28-39(31-17-7-2-8-18-31)42-40(29-36)38-26-14-25-37(41(38)49-42)34-23-13-24-35(27-34)45-47-43(32-19-9-3-10-20-32)46-44(48-45)33-21-11-4-12-22-33/h1-29H. The molecule has 0 saturated carbocycles. The molecule has 0 amide bonds. The van der Waals surface area contributed by atoms with Crippen LogP contribution in [0.4, 0.5) is 0 Å². The van der Waals surface area contributed by atoms with Crippen molar-refractivity contribution < 1.29 is 4.42 Å². The predicted octanol–water partition coefficient (Wildman–Crippen LogP) is 11.8. The third kappa shape index (κ3) is 5.35. The van der Waals surface area contributed by atoms with E-state index in [2.05, 4.69) is 109 Å². The first-order valence-corrected chi connectivity index (χ1v) is 16.4. The third-order valence-corrected chi connectivity index (χ3v) is 8.92. The molecule has 0 N–H and O–H groups in total. The van der Waals surface area contributed by atoms with Crippen molar-refractivity contribution in [1.29, 1.82) is 0 Å². The van der Waals surface area contributed by atoms with Gasteiger partial charge in [-0.15, -0.1) is 0 Å². The Morgan fingerprint density at radius 3 is 1.37 bits per heavy atom. The lowest BCUT2D eigenvalue weighted by Crippen LogP contribution is -2.00. The van der Waals surface area contributed by atoms with Gasteiger partial charge in [-0.2, -0.15) is 0 Å². The molecule has 0 radical (unpaired) electrons. The number of hydrogen-bond donors (Lipinski definition) is 0. The minimum absolute atomic E-state index is 0.616. The Hall–Kier alpha value is -6.65. The average molecular weight is 628 g/mol. The topological polar surface area (TPSA) is 51.8 Å². The minimum Gasteiger partial charge on any atom is -0.455 e. The molecule has 0 aliphatic heterocycles. The monoisotopic (exact) mass is 627 g/mol. The molecule has 2 aromatic heterocycles. The van der Waals surface area contributed by atoms with Gasteiger partial charge in [-0.05, 0) is 40.5 Å². The predicted molar refractivity (Wildman–Crippen MR) is 200 cm³/mol. The zero-order chi connectivity index (χ0) is 32.6. The van der Waals surface area contributed by atoms with E-state index in [9.17, 15) is 0 Å². The van der Waals surface area contributed by atoms with Crippen LogP contribution in [-0.2, 0) is 0 Å². The van der Waals surface area contributed by atoms with Gasteiger partial charge in [0.25, 0.3) is 0 Å². The Balaban J connectivity index is 1.22. The molecule has 230 valence electrons. The van der Waals surface area contributed by atoms with Gasteiger partial charge in [0.15, 0.2) is 17.5 Å². The van der Waals surface area contributed by atoms with Crippen LogP contribution in [0.1, 0.15) is 0 Å². The van der Waals surface area contributed by atoms with E-state index in [1.54, 1.807) is 0 Å². The maximum absolute atomic E-state index is 6.87. The highest BCUT2D eigenvalue weighted by atomic mass is 16.3. The fourth-order valence-corrected chi connectivity index (χ4v) is 6.52. The molecule has 0 aliphatic rings. The number of furan rings is 1. The molecule has 0 spiro atoms. The molecule has 7 aromatic carbocycles. The van der Waals surface area contributed by atoms with Crippen LogP contribution in [0.25, 0.3) is 89.5 Å². The van der Waals surface area contributed by atoms with Gasteiger partial charge in [0.05, 0.1) is 0 Å². The van der Waals surface area contributed by atoms with Crippen LogP contribution in [0.5, 0.6) is 0 Å². The highest BCUT2D eigenvalue weighted by Gasteiger charge is 2.19. The second-order valence-corrected chi connectivity index (χ2v) is 12.0. The first kappa shape index (κ1) is 28.6. The van der Waals surface area contributed by atoms with Crippen LogP contribution in [0.15, 0.2) is 180 Å². The molecule has 9 rings (SSSR count). The van der Waals surface area contributed by atoms with Crippen molar-refractivity contribution >= 4 is 21.9 Å². The minimum atomic E-state index is 0.616. The van der Waals surface area contributed by atoms with E-state index in [0.717, 1.165) is 66.4 Å². The highest BCUT2D eigenvalue weighted by molar-refractivity contribution is 6.14. The molecule has 4 heteroatoms. The molecular formula is C45H29N3O. The molecule has 0 fully saturated rings. The van der Waals surface area contributed by atoms with Crippen molar-refractivity contribution in [2.75, 3.05) is 0 Å². The lowest BCUT2D eigenvalue weighted by molar-refractivity contribution is 0.671. The van der Waals surface area contributed by atoms with Gasteiger partial charge in [0.1, 0.15) is 11.2 Å². The van der Waals surface area contributed by atoms with Crippen molar-refractivity contribution in [3.05, 3.63) is 176 Å². The summed E-state index contributed by atoms with van der Waals surface area (Å²) in [4.78, 5) is 14.8. The van der Waals surface area contributed by atoms with Gasteiger partial charge in [-0.1, -0.05) is 158 Å². The summed E-state index contributed by atoms with van der Waals surface area (Å²) in [5, 5.41) is 2.16. The number of rotatable bonds is 6. The lowest BCUT2D eigenvalue weighted by Gasteiger charge is -2.10. The van der Waals surface area contributed by atoms with E-state index in [1.807, 2.05) is 66.7 Å². The number of nitrogens with zero attached hydrogens (tertiary/aromatic N) is 3. The summed E-state index contributed by atoms with van der Waals surface area (Å²) in [6.45, 7) is 0. The smallest absolute Gasteiger partial charge is 0.164 e. The van der Waals surface area contributed by atoms with Gasteiger partial charge in [0, 0.05) is 38.6 Å². The van der Waals surface area contributed by atoms with Crippen molar-refractivity contribution in [2.45, 2.75) is 0 Å². The summed E-state index contributed by atoms with van der Waals surface area (Å²) in [6, 6.07) is 60.4. The molecule has 0 aliphatic carbocycles. The Kier molecular flexibility index (Phi) is 7.10. The molecular weight excluding hydrogens is 599 g/mol. The van der Waals surface area contributed by atoms with Crippen LogP contribution in [0.2, 0.25) is 0 Å². The maximum Gasteiger partial charge on any atom is 0.164 e. The Morgan fingerprint density at radius 1 is 0.286 bits per heavy atom. The number of hydrogen-bond acceptors (Lipinski definition) is 4. The quantitative estimate of drug-likeness (QED) is 0.184. The number of para-hydroxylation sites is 1. The van der Waals surface area contributed by atoms with E-state index in [-0.39, 0.29) is 0 Å². The van der Waals surface area contributed by atoms with Gasteiger partial charge in [-0.25, -0.2) is 15.0 Å². The summed E-state index contributed by atoms with van der Waals surface area (Å²) in [5.74, 6) is 1.89. The van der Waals surface area contributed by atoms with E-state index in [0.29, 0.717) is 17.5 Å². The fraction of sp³-hybridized carbons (Fsp3) is 0. The zero-order valence-corrected chi connectivity index (χ0v) is 26.5. The van der Waals surface area contributed by atoms with E-state index >= 15 is 0 Å². The third-order valence-electron chi connectivity index (χ3n) is 8.92. The SMILES string of the molecule is c1ccc(-c2cc(-c3ccccc3)c3oc4c(-c5cccc(-c6nc(-c7ccccc7)nc(-c7ccccc7)n6)c5)cccc4c3c2)cc1. The van der Waals surface area contributed by atoms with Crippen LogP contribution in [0, 0.1) is 0 Å². The zero-order valence-electron chi connectivity index (χ0n) is 26.5. The summed E-state index contributed by atoms with van der Waals surface area (Å²) in [6.07, 6.45) is 0. The Morgan fingerprint density at radius 2 is 0.755 bits per heavy atom. The van der Waals surface area contributed by atoms with Gasteiger partial charge in [-0.3, -0.25) is 0 Å². The van der Waals surface area contributed by atoms with Crippen LogP contribution in [-0.4, -0.2) is 15.0 Å². The first-order chi connectivity index (χ1) is 24.3. The van der Waals surface area contributed by atoms with E-state index < -0.39 is 0 Å². The van der Waals surface area contributed by atoms with Gasteiger partial charge >= 0.3 is 0 Å². The molecule has 0 unspecified atom stereocenters. The van der Waals surface area contributed by atoms with Crippen molar-refractivity contribution in [2.24, 2.45) is 0 Å². The average Bonchev–Trinajstić information content (AvgIpc) is 3.58. The first-order valence-electron chi connectivity index (χ1n) is 16.4. The molecule has 49 heavy (non-hydrogen) atoms. The number of benzene rings is 7. The second-order valence-electron chi connectivity index (χ2n) is 12.0. The maximum atomic E-state index is 6.87. The largest absolute Gasteiger partial charge is 0.455 e. The highest BCUT2D eigenvalue weighted by Crippen LogP contribution is 2.42. The van der Waals surface area contributed by atoms with E-state index in [1.165, 1.54) is 5.56 Å². The van der Waals surface area contributed by atoms with Gasteiger partial charge in [0.2, 0.25) is 0 Å². The summed E-state index contributed by atoms with van der Waals surface area (Å²) in [5.41, 5.74) is 11.0. The van der Waals surface area contributed by atoms with Crippen molar-refractivity contribution in [1.82, 2.24) is 15.0 Å². The molecule has 0 bridgehead atoms. The molecule has 9 aromatic rings. The molecule has 2 heterocycles. The fourth-order valence-electron chi connectivity index (χ4n) is 6.52. The number of fused-ring (bicyclic) bond motifs is 3. The second kappa shape index (κ2) is 12.2.